The second-order valence-corrected chi connectivity index (χ2v) is 4.73. The molecule has 1 N–H and O–H groups in total. The van der Waals surface area contributed by atoms with Crippen LogP contribution in [0, 0.1) is 0 Å². The topological polar surface area (TPSA) is 72.5 Å². The molecule has 0 aliphatic carbocycles. The zero-order valence-corrected chi connectivity index (χ0v) is 10.7. The standard InChI is InChI=1S/C12H10FNO4S/c1-14-12(15)10-3-2-9-7-11(18-19(13,16)17)5-4-8(9)6-10/h2-7H,1H3,(H,14,15). The minimum Gasteiger partial charge on any atom is -0.358 e. The number of carbonyl (C=O) groups is 1. The number of amides is 1. The lowest BCUT2D eigenvalue weighted by atomic mass is 10.1. The van der Waals surface area contributed by atoms with Crippen LogP contribution in [-0.4, -0.2) is 21.4 Å². The van der Waals surface area contributed by atoms with Crippen LogP contribution in [0.3, 0.4) is 0 Å². The van der Waals surface area contributed by atoms with Crippen LogP contribution in [0.1, 0.15) is 10.4 Å². The Labute approximate surface area is 109 Å². The van der Waals surface area contributed by atoms with Crippen LogP contribution in [0.25, 0.3) is 10.8 Å². The molecular formula is C12H10FNO4S. The van der Waals surface area contributed by atoms with Gasteiger partial charge in [0.05, 0.1) is 0 Å². The van der Waals surface area contributed by atoms with Crippen LogP contribution in [-0.2, 0) is 10.5 Å². The Morgan fingerprint density at radius 2 is 1.79 bits per heavy atom. The van der Waals surface area contributed by atoms with Crippen molar-refractivity contribution in [2.75, 3.05) is 7.05 Å². The summed E-state index contributed by atoms with van der Waals surface area (Å²) in [5.41, 5.74) is 0.474. The van der Waals surface area contributed by atoms with Gasteiger partial charge >= 0.3 is 10.5 Å². The molecule has 5 nitrogen and oxygen atoms in total. The number of carbonyl (C=O) groups excluding carboxylic acids is 1. The first-order chi connectivity index (χ1) is 8.89. The molecule has 1 amide bonds. The van der Waals surface area contributed by atoms with Gasteiger partial charge in [-0.3, -0.25) is 4.79 Å². The van der Waals surface area contributed by atoms with Gasteiger partial charge in [0, 0.05) is 12.6 Å². The highest BCUT2D eigenvalue weighted by atomic mass is 32.3. The van der Waals surface area contributed by atoms with Gasteiger partial charge < -0.3 is 9.50 Å². The number of hydrogen-bond acceptors (Lipinski definition) is 4. The lowest BCUT2D eigenvalue weighted by molar-refractivity contribution is 0.0963. The average Bonchev–Trinajstić information content (AvgIpc) is 2.35. The molecule has 2 aromatic rings. The maximum Gasteiger partial charge on any atom is 0.488 e. The molecule has 0 spiro atoms. The van der Waals surface area contributed by atoms with Crippen LogP contribution >= 0.6 is 0 Å². The van der Waals surface area contributed by atoms with E-state index in [1.807, 2.05) is 0 Å². The van der Waals surface area contributed by atoms with E-state index in [1.54, 1.807) is 24.3 Å². The lowest BCUT2D eigenvalue weighted by Crippen LogP contribution is -2.17. The zero-order valence-electron chi connectivity index (χ0n) is 9.88. The molecule has 0 aromatic heterocycles. The Morgan fingerprint density at radius 1 is 1.16 bits per heavy atom. The highest BCUT2D eigenvalue weighted by molar-refractivity contribution is 7.81. The van der Waals surface area contributed by atoms with E-state index in [9.17, 15) is 17.1 Å². The molecule has 19 heavy (non-hydrogen) atoms. The minimum atomic E-state index is -5.04. The first kappa shape index (κ1) is 13.3. The van der Waals surface area contributed by atoms with Gasteiger partial charge in [-0.2, -0.15) is 8.42 Å². The Hall–Kier alpha value is -2.15. The monoisotopic (exact) mass is 283 g/mol. The normalized spacial score (nSPS) is 11.3. The van der Waals surface area contributed by atoms with Crippen molar-refractivity contribution in [3.05, 3.63) is 42.0 Å². The molecule has 0 aliphatic heterocycles. The lowest BCUT2D eigenvalue weighted by Gasteiger charge is -2.05. The smallest absolute Gasteiger partial charge is 0.358 e. The first-order valence-electron chi connectivity index (χ1n) is 5.29. The summed E-state index contributed by atoms with van der Waals surface area (Å²) in [6.07, 6.45) is 0. The van der Waals surface area contributed by atoms with Crippen molar-refractivity contribution in [3.63, 3.8) is 0 Å². The van der Waals surface area contributed by atoms with E-state index in [0.717, 1.165) is 0 Å². The van der Waals surface area contributed by atoms with E-state index in [1.165, 1.54) is 19.2 Å². The molecule has 0 fully saturated rings. The molecule has 2 aromatic carbocycles. The quantitative estimate of drug-likeness (QED) is 0.872. The van der Waals surface area contributed by atoms with Crippen molar-refractivity contribution in [1.29, 1.82) is 0 Å². The van der Waals surface area contributed by atoms with Crippen LogP contribution < -0.4 is 9.50 Å². The van der Waals surface area contributed by atoms with E-state index in [2.05, 4.69) is 9.50 Å². The van der Waals surface area contributed by atoms with E-state index in [-0.39, 0.29) is 11.7 Å². The predicted octanol–water partition coefficient (Wildman–Crippen LogP) is 1.79. The van der Waals surface area contributed by atoms with Crippen LogP contribution in [0.15, 0.2) is 36.4 Å². The summed E-state index contributed by atoms with van der Waals surface area (Å²) in [4.78, 5) is 11.4. The van der Waals surface area contributed by atoms with Gasteiger partial charge in [0.2, 0.25) is 0 Å². The number of fused-ring (bicyclic) bond motifs is 1. The predicted molar refractivity (Wildman–Crippen MR) is 68.0 cm³/mol. The van der Waals surface area contributed by atoms with E-state index in [0.29, 0.717) is 16.3 Å². The second kappa shape index (κ2) is 4.85. The molecule has 0 radical (unpaired) electrons. The van der Waals surface area contributed by atoms with Gasteiger partial charge in [-0.25, -0.2) is 0 Å². The van der Waals surface area contributed by atoms with Gasteiger partial charge in [-0.15, -0.1) is 0 Å². The third kappa shape index (κ3) is 3.19. The zero-order chi connectivity index (χ0) is 14.0. The number of benzene rings is 2. The van der Waals surface area contributed by atoms with E-state index in [4.69, 9.17) is 0 Å². The van der Waals surface area contributed by atoms with Crippen molar-refractivity contribution in [1.82, 2.24) is 5.32 Å². The average molecular weight is 283 g/mol. The maximum absolute atomic E-state index is 12.4. The minimum absolute atomic E-state index is 0.123. The van der Waals surface area contributed by atoms with Crippen LogP contribution in [0.4, 0.5) is 3.89 Å². The first-order valence-corrected chi connectivity index (χ1v) is 6.60. The summed E-state index contributed by atoms with van der Waals surface area (Å²) in [7, 11) is -3.51. The molecular weight excluding hydrogens is 273 g/mol. The molecule has 0 atom stereocenters. The van der Waals surface area contributed by atoms with Crippen LogP contribution in [0.2, 0.25) is 0 Å². The number of halogens is 1. The molecule has 0 aliphatic rings. The molecule has 2 rings (SSSR count). The van der Waals surface area contributed by atoms with Gasteiger partial charge in [0.1, 0.15) is 5.75 Å². The summed E-state index contributed by atoms with van der Waals surface area (Å²) < 4.78 is 37.3. The highest BCUT2D eigenvalue weighted by Crippen LogP contribution is 2.23. The number of rotatable bonds is 3. The van der Waals surface area contributed by atoms with Crippen molar-refractivity contribution >= 4 is 27.2 Å². The van der Waals surface area contributed by atoms with Gasteiger partial charge in [-0.05, 0) is 35.0 Å². The second-order valence-electron chi connectivity index (χ2n) is 3.78. The molecule has 0 bridgehead atoms. The SMILES string of the molecule is CNC(=O)c1ccc2cc(OS(=O)(=O)F)ccc2c1. The third-order valence-electron chi connectivity index (χ3n) is 2.50. The Kier molecular flexibility index (Phi) is 3.39. The summed E-state index contributed by atoms with van der Waals surface area (Å²) in [5, 5.41) is 3.84. The molecule has 0 unspecified atom stereocenters. The van der Waals surface area contributed by atoms with Crippen molar-refractivity contribution in [2.24, 2.45) is 0 Å². The van der Waals surface area contributed by atoms with Gasteiger partial charge in [-0.1, -0.05) is 16.0 Å². The molecule has 100 valence electrons. The van der Waals surface area contributed by atoms with Crippen molar-refractivity contribution in [3.8, 4) is 5.75 Å². The van der Waals surface area contributed by atoms with Gasteiger partial charge in [0.15, 0.2) is 0 Å². The Balaban J connectivity index is 2.43. The summed E-state index contributed by atoms with van der Waals surface area (Å²) in [6, 6.07) is 9.07. The van der Waals surface area contributed by atoms with Crippen molar-refractivity contribution in [2.45, 2.75) is 0 Å². The number of hydrogen-bond donors (Lipinski definition) is 1. The molecule has 0 saturated heterocycles. The summed E-state index contributed by atoms with van der Waals surface area (Å²) in [6.45, 7) is 0. The highest BCUT2D eigenvalue weighted by Gasteiger charge is 2.10. The maximum atomic E-state index is 12.4. The summed E-state index contributed by atoms with van der Waals surface area (Å²) in [5.74, 6) is -0.351. The summed E-state index contributed by atoms with van der Waals surface area (Å²) >= 11 is 0. The fraction of sp³-hybridized carbons (Fsp3) is 0.0833. The Morgan fingerprint density at radius 3 is 2.42 bits per heavy atom. The van der Waals surface area contributed by atoms with E-state index < -0.39 is 10.5 Å². The fourth-order valence-electron chi connectivity index (χ4n) is 1.68. The molecule has 7 heteroatoms. The van der Waals surface area contributed by atoms with Crippen molar-refractivity contribution < 1.29 is 21.3 Å². The van der Waals surface area contributed by atoms with Crippen LogP contribution in [0.5, 0.6) is 5.75 Å². The molecule has 0 saturated carbocycles. The third-order valence-corrected chi connectivity index (χ3v) is 2.89. The fourth-order valence-corrected chi connectivity index (χ4v) is 2.01. The number of nitrogens with one attached hydrogen (secondary N) is 1. The largest absolute Gasteiger partial charge is 0.488 e. The molecule has 0 heterocycles. The van der Waals surface area contributed by atoms with E-state index >= 15 is 0 Å². The van der Waals surface area contributed by atoms with Gasteiger partial charge in [0.25, 0.3) is 5.91 Å². The Bertz CT molecular complexity index is 742.